The third kappa shape index (κ3) is 5.47. The standard InChI is InChI=1S/C9H16F2O3/c1-9(10,11)4-7-13-14-8-2-5-12-6-3-8/h8H,2-7H2,1H3. The van der Waals surface area contributed by atoms with Crippen LogP contribution in [0.4, 0.5) is 8.78 Å². The summed E-state index contributed by atoms with van der Waals surface area (Å²) in [5.74, 6) is -2.68. The van der Waals surface area contributed by atoms with E-state index in [4.69, 9.17) is 14.5 Å². The van der Waals surface area contributed by atoms with E-state index in [1.54, 1.807) is 0 Å². The van der Waals surface area contributed by atoms with Crippen LogP contribution in [0, 0.1) is 0 Å². The molecular weight excluding hydrogens is 194 g/mol. The smallest absolute Gasteiger partial charge is 0.247 e. The van der Waals surface area contributed by atoms with Crippen LogP contribution in [0.15, 0.2) is 0 Å². The highest BCUT2D eigenvalue weighted by molar-refractivity contribution is 4.60. The largest absolute Gasteiger partial charge is 0.381 e. The topological polar surface area (TPSA) is 27.7 Å². The van der Waals surface area contributed by atoms with E-state index in [0.717, 1.165) is 19.8 Å². The van der Waals surface area contributed by atoms with Gasteiger partial charge < -0.3 is 4.74 Å². The average Bonchev–Trinajstić information content (AvgIpc) is 2.13. The van der Waals surface area contributed by atoms with Gasteiger partial charge in [0.25, 0.3) is 0 Å². The van der Waals surface area contributed by atoms with Crippen molar-refractivity contribution in [3.05, 3.63) is 0 Å². The molecule has 0 atom stereocenters. The Bertz CT molecular complexity index is 153. The third-order valence-electron chi connectivity index (χ3n) is 2.00. The molecule has 0 bridgehead atoms. The van der Waals surface area contributed by atoms with Gasteiger partial charge in [-0.2, -0.15) is 0 Å². The monoisotopic (exact) mass is 210 g/mol. The van der Waals surface area contributed by atoms with Crippen molar-refractivity contribution in [3.63, 3.8) is 0 Å². The second kappa shape index (κ2) is 5.58. The minimum atomic E-state index is -2.68. The predicted molar refractivity (Wildman–Crippen MR) is 46.1 cm³/mol. The molecular formula is C9H16F2O3. The quantitative estimate of drug-likeness (QED) is 0.395. The van der Waals surface area contributed by atoms with Crippen molar-refractivity contribution in [3.8, 4) is 0 Å². The first-order valence-corrected chi connectivity index (χ1v) is 4.82. The maximum absolute atomic E-state index is 12.3. The molecule has 0 amide bonds. The van der Waals surface area contributed by atoms with E-state index in [2.05, 4.69) is 0 Å². The highest BCUT2D eigenvalue weighted by Gasteiger charge is 2.21. The van der Waals surface area contributed by atoms with E-state index in [-0.39, 0.29) is 19.1 Å². The Morgan fingerprint density at radius 2 is 2.00 bits per heavy atom. The van der Waals surface area contributed by atoms with Gasteiger partial charge in [0, 0.05) is 32.5 Å². The molecule has 1 rings (SSSR count). The molecule has 0 aromatic carbocycles. The summed E-state index contributed by atoms with van der Waals surface area (Å²) in [5.41, 5.74) is 0. The van der Waals surface area contributed by atoms with Crippen LogP contribution in [0.25, 0.3) is 0 Å². The molecule has 0 aliphatic carbocycles. The van der Waals surface area contributed by atoms with Crippen LogP contribution >= 0.6 is 0 Å². The lowest BCUT2D eigenvalue weighted by atomic mass is 10.2. The van der Waals surface area contributed by atoms with Gasteiger partial charge in [0.05, 0.1) is 12.7 Å². The fourth-order valence-corrected chi connectivity index (χ4v) is 1.14. The van der Waals surface area contributed by atoms with Gasteiger partial charge in [-0.25, -0.2) is 18.6 Å². The summed E-state index contributed by atoms with van der Waals surface area (Å²) in [4.78, 5) is 9.68. The maximum atomic E-state index is 12.3. The van der Waals surface area contributed by atoms with E-state index in [9.17, 15) is 8.78 Å². The lowest BCUT2D eigenvalue weighted by Gasteiger charge is -2.21. The lowest BCUT2D eigenvalue weighted by Crippen LogP contribution is -2.24. The second-order valence-electron chi connectivity index (χ2n) is 3.55. The number of hydrogen-bond acceptors (Lipinski definition) is 3. The van der Waals surface area contributed by atoms with Crippen molar-refractivity contribution in [1.29, 1.82) is 0 Å². The summed E-state index contributed by atoms with van der Waals surface area (Å²) in [6.07, 6.45) is 1.22. The van der Waals surface area contributed by atoms with Crippen LogP contribution in [0.1, 0.15) is 26.2 Å². The first-order chi connectivity index (χ1) is 6.58. The van der Waals surface area contributed by atoms with E-state index >= 15 is 0 Å². The highest BCUT2D eigenvalue weighted by Crippen LogP contribution is 2.17. The van der Waals surface area contributed by atoms with Crippen LogP contribution in [-0.2, 0) is 14.5 Å². The second-order valence-corrected chi connectivity index (χ2v) is 3.55. The summed E-state index contributed by atoms with van der Waals surface area (Å²) >= 11 is 0. The Morgan fingerprint density at radius 1 is 1.36 bits per heavy atom. The molecule has 1 heterocycles. The van der Waals surface area contributed by atoms with Crippen molar-refractivity contribution in [2.45, 2.75) is 38.2 Å². The van der Waals surface area contributed by atoms with Crippen molar-refractivity contribution < 1.29 is 23.3 Å². The van der Waals surface area contributed by atoms with Crippen LogP contribution < -0.4 is 0 Å². The van der Waals surface area contributed by atoms with Crippen LogP contribution in [-0.4, -0.2) is 31.8 Å². The van der Waals surface area contributed by atoms with Crippen LogP contribution in [0.3, 0.4) is 0 Å². The Hall–Kier alpha value is -0.260. The van der Waals surface area contributed by atoms with E-state index in [1.807, 2.05) is 0 Å². The Morgan fingerprint density at radius 3 is 2.57 bits per heavy atom. The van der Waals surface area contributed by atoms with Gasteiger partial charge in [0.15, 0.2) is 0 Å². The zero-order valence-electron chi connectivity index (χ0n) is 8.30. The van der Waals surface area contributed by atoms with E-state index in [0.29, 0.717) is 13.2 Å². The zero-order valence-corrected chi connectivity index (χ0v) is 8.30. The minimum absolute atomic E-state index is 0.00534. The molecule has 1 aliphatic rings. The molecule has 0 radical (unpaired) electrons. The SMILES string of the molecule is CC(F)(F)CCOOC1CCOCC1. The molecule has 0 unspecified atom stereocenters. The number of ether oxygens (including phenoxy) is 1. The highest BCUT2D eigenvalue weighted by atomic mass is 19.3. The summed E-state index contributed by atoms with van der Waals surface area (Å²) in [6.45, 7) is 2.10. The molecule has 1 saturated heterocycles. The normalized spacial score (nSPS) is 19.9. The van der Waals surface area contributed by atoms with Crippen molar-refractivity contribution in [2.24, 2.45) is 0 Å². The van der Waals surface area contributed by atoms with Crippen LogP contribution in [0.2, 0.25) is 0 Å². The fourth-order valence-electron chi connectivity index (χ4n) is 1.14. The van der Waals surface area contributed by atoms with Gasteiger partial charge >= 0.3 is 0 Å². The third-order valence-corrected chi connectivity index (χ3v) is 2.00. The summed E-state index contributed by atoms with van der Waals surface area (Å²) in [5, 5.41) is 0. The number of alkyl halides is 2. The van der Waals surface area contributed by atoms with Gasteiger partial charge in [-0.1, -0.05) is 0 Å². The fraction of sp³-hybridized carbons (Fsp3) is 1.00. The molecule has 5 heteroatoms. The minimum Gasteiger partial charge on any atom is -0.381 e. The summed E-state index contributed by atoms with van der Waals surface area (Å²) < 4.78 is 29.8. The summed E-state index contributed by atoms with van der Waals surface area (Å²) in [7, 11) is 0. The molecule has 0 aromatic heterocycles. The lowest BCUT2D eigenvalue weighted by molar-refractivity contribution is -0.336. The van der Waals surface area contributed by atoms with Crippen LogP contribution in [0.5, 0.6) is 0 Å². The number of hydrogen-bond donors (Lipinski definition) is 0. The molecule has 0 saturated carbocycles. The van der Waals surface area contributed by atoms with E-state index in [1.165, 1.54) is 0 Å². The summed E-state index contributed by atoms with van der Waals surface area (Å²) in [6, 6.07) is 0. The molecule has 0 spiro atoms. The van der Waals surface area contributed by atoms with Crippen molar-refractivity contribution >= 4 is 0 Å². The van der Waals surface area contributed by atoms with Gasteiger partial charge in [0.1, 0.15) is 0 Å². The van der Waals surface area contributed by atoms with Crippen molar-refractivity contribution in [2.75, 3.05) is 19.8 Å². The number of rotatable bonds is 5. The molecule has 1 fully saturated rings. The zero-order chi connectivity index (χ0) is 10.4. The van der Waals surface area contributed by atoms with Crippen molar-refractivity contribution in [1.82, 2.24) is 0 Å². The molecule has 0 aromatic rings. The molecule has 3 nitrogen and oxygen atoms in total. The van der Waals surface area contributed by atoms with E-state index < -0.39 is 5.92 Å². The van der Waals surface area contributed by atoms with Gasteiger partial charge in [0.2, 0.25) is 5.92 Å². The predicted octanol–water partition coefficient (Wildman–Crippen LogP) is 2.16. The Labute approximate surface area is 82.3 Å². The average molecular weight is 210 g/mol. The first kappa shape index (κ1) is 11.8. The maximum Gasteiger partial charge on any atom is 0.247 e. The molecule has 0 N–H and O–H groups in total. The van der Waals surface area contributed by atoms with Gasteiger partial charge in [-0.05, 0) is 6.92 Å². The Balaban J connectivity index is 1.97. The van der Waals surface area contributed by atoms with Gasteiger partial charge in [-0.3, -0.25) is 0 Å². The van der Waals surface area contributed by atoms with Gasteiger partial charge in [-0.15, -0.1) is 0 Å². The first-order valence-electron chi connectivity index (χ1n) is 4.82. The molecule has 1 aliphatic heterocycles. The molecule has 84 valence electrons. The number of halogens is 2. The Kier molecular flexibility index (Phi) is 4.71. The molecule has 14 heavy (non-hydrogen) atoms.